The summed E-state index contributed by atoms with van der Waals surface area (Å²) in [6.45, 7) is 6.46. The van der Waals surface area contributed by atoms with Gasteiger partial charge in [-0.15, -0.1) is 0 Å². The molecule has 1 aliphatic rings. The molecule has 2 aromatic carbocycles. The number of amides is 1. The highest BCUT2D eigenvalue weighted by Gasteiger charge is 2.17. The molecule has 1 saturated heterocycles. The average Bonchev–Trinajstić information content (AvgIpc) is 2.67. The number of halogens is 1. The second kappa shape index (κ2) is 9.14. The number of benzene rings is 2. The topological polar surface area (TPSA) is 41.6 Å². The van der Waals surface area contributed by atoms with Crippen LogP contribution in [0.3, 0.4) is 0 Å². The Morgan fingerprint density at radius 1 is 1.26 bits per heavy atom. The second-order valence-corrected chi connectivity index (χ2v) is 7.70. The molecule has 0 aromatic heterocycles. The first kappa shape index (κ1) is 19.6. The smallest absolute Gasteiger partial charge is 0.258 e. The number of nitrogens with zero attached hydrogens (tertiary/aromatic N) is 1. The maximum atomic E-state index is 12.2. The first-order chi connectivity index (χ1) is 13.0. The Kier molecular flexibility index (Phi) is 6.62. The van der Waals surface area contributed by atoms with Crippen LogP contribution in [-0.2, 0) is 4.79 Å². The molecule has 1 N–H and O–H groups in total. The van der Waals surface area contributed by atoms with Crippen molar-refractivity contribution < 1.29 is 9.53 Å². The van der Waals surface area contributed by atoms with Gasteiger partial charge in [0, 0.05) is 18.8 Å². The third kappa shape index (κ3) is 5.39. The summed E-state index contributed by atoms with van der Waals surface area (Å²) in [7, 11) is 0. The van der Waals surface area contributed by atoms with Gasteiger partial charge in [-0.3, -0.25) is 4.79 Å². The number of piperidine rings is 1. The molecule has 1 heterocycles. The van der Waals surface area contributed by atoms with Crippen LogP contribution in [0.25, 0.3) is 0 Å². The predicted molar refractivity (Wildman–Crippen MR) is 111 cm³/mol. The zero-order chi connectivity index (χ0) is 19.2. The quantitative estimate of drug-likeness (QED) is 0.772. The van der Waals surface area contributed by atoms with Crippen LogP contribution >= 0.6 is 11.6 Å². The van der Waals surface area contributed by atoms with Crippen molar-refractivity contribution in [1.29, 1.82) is 0 Å². The Morgan fingerprint density at radius 2 is 2.00 bits per heavy atom. The third-order valence-corrected chi connectivity index (χ3v) is 5.30. The normalized spacial score (nSPS) is 18.0. The minimum absolute atomic E-state index is 0.0577. The van der Waals surface area contributed by atoms with Crippen LogP contribution in [0.5, 0.6) is 5.75 Å². The first-order valence-electron chi connectivity index (χ1n) is 9.54. The largest absolute Gasteiger partial charge is 0.482 e. The van der Waals surface area contributed by atoms with E-state index in [1.54, 1.807) is 12.1 Å². The molecule has 5 heteroatoms. The van der Waals surface area contributed by atoms with Crippen LogP contribution < -0.4 is 15.0 Å². The molecule has 1 fully saturated rings. The lowest BCUT2D eigenvalue weighted by Crippen LogP contribution is -2.34. The molecule has 2 atom stereocenters. The Bertz CT molecular complexity index is 763. The standard InChI is InChI=1S/C22H27ClN2O2/c1-16-6-5-13-25(14-16)19-11-9-18(10-12-19)17(2)24-22(26)15-27-21-8-4-3-7-20(21)23/h3-4,7-12,16-17H,5-6,13-15H2,1-2H3,(H,24,26)/t16-,17+/m1/s1. The fourth-order valence-corrected chi connectivity index (χ4v) is 3.66. The first-order valence-corrected chi connectivity index (χ1v) is 9.92. The molecule has 3 rings (SSSR count). The molecule has 0 unspecified atom stereocenters. The minimum atomic E-state index is -0.170. The van der Waals surface area contributed by atoms with Gasteiger partial charge in [-0.1, -0.05) is 42.8 Å². The van der Waals surface area contributed by atoms with E-state index in [2.05, 4.69) is 41.4 Å². The van der Waals surface area contributed by atoms with Crippen LogP contribution in [0.15, 0.2) is 48.5 Å². The van der Waals surface area contributed by atoms with E-state index in [1.165, 1.54) is 18.5 Å². The van der Waals surface area contributed by atoms with E-state index in [-0.39, 0.29) is 18.6 Å². The van der Waals surface area contributed by atoms with Crippen molar-refractivity contribution in [3.63, 3.8) is 0 Å². The summed E-state index contributed by atoms with van der Waals surface area (Å²) < 4.78 is 5.49. The molecule has 2 aromatic rings. The van der Waals surface area contributed by atoms with Gasteiger partial charge in [0.25, 0.3) is 5.91 Å². The van der Waals surface area contributed by atoms with Gasteiger partial charge >= 0.3 is 0 Å². The highest BCUT2D eigenvalue weighted by molar-refractivity contribution is 6.32. The van der Waals surface area contributed by atoms with E-state index in [0.717, 1.165) is 24.6 Å². The van der Waals surface area contributed by atoms with E-state index in [0.29, 0.717) is 10.8 Å². The number of hydrogen-bond acceptors (Lipinski definition) is 3. The van der Waals surface area contributed by atoms with Gasteiger partial charge < -0.3 is 15.0 Å². The summed E-state index contributed by atoms with van der Waals surface area (Å²) in [5, 5.41) is 3.47. The van der Waals surface area contributed by atoms with Crippen LogP contribution in [0, 0.1) is 5.92 Å². The van der Waals surface area contributed by atoms with Crippen molar-refractivity contribution in [2.75, 3.05) is 24.6 Å². The van der Waals surface area contributed by atoms with E-state index >= 15 is 0 Å². The second-order valence-electron chi connectivity index (χ2n) is 7.29. The zero-order valence-corrected chi connectivity index (χ0v) is 16.7. The molecule has 27 heavy (non-hydrogen) atoms. The number of carbonyl (C=O) groups excluding carboxylic acids is 1. The number of hydrogen-bond donors (Lipinski definition) is 1. The lowest BCUT2D eigenvalue weighted by atomic mass is 9.99. The monoisotopic (exact) mass is 386 g/mol. The van der Waals surface area contributed by atoms with Gasteiger partial charge in [-0.25, -0.2) is 0 Å². The number of anilines is 1. The fraction of sp³-hybridized carbons (Fsp3) is 0.409. The highest BCUT2D eigenvalue weighted by atomic mass is 35.5. The van der Waals surface area contributed by atoms with Crippen molar-refractivity contribution in [2.45, 2.75) is 32.7 Å². The molecule has 0 bridgehead atoms. The number of para-hydroxylation sites is 1. The molecule has 0 aliphatic carbocycles. The SMILES string of the molecule is C[C@@H]1CCCN(c2ccc([C@H](C)NC(=O)COc3ccccc3Cl)cc2)C1. The molecule has 0 radical (unpaired) electrons. The molecule has 4 nitrogen and oxygen atoms in total. The Balaban J connectivity index is 1.52. The van der Waals surface area contributed by atoms with Crippen LogP contribution in [-0.4, -0.2) is 25.6 Å². The summed E-state index contributed by atoms with van der Waals surface area (Å²) in [4.78, 5) is 14.6. The van der Waals surface area contributed by atoms with Crippen LogP contribution in [0.4, 0.5) is 5.69 Å². The van der Waals surface area contributed by atoms with Gasteiger partial charge in [0.1, 0.15) is 5.75 Å². The van der Waals surface area contributed by atoms with Gasteiger partial charge in [-0.2, -0.15) is 0 Å². The van der Waals surface area contributed by atoms with E-state index in [4.69, 9.17) is 16.3 Å². The Labute approximate surface area is 166 Å². The molecule has 144 valence electrons. The fourth-order valence-electron chi connectivity index (χ4n) is 3.47. The summed E-state index contributed by atoms with van der Waals surface area (Å²) >= 11 is 6.04. The average molecular weight is 387 g/mol. The van der Waals surface area contributed by atoms with Crippen LogP contribution in [0.2, 0.25) is 5.02 Å². The van der Waals surface area contributed by atoms with E-state index in [9.17, 15) is 4.79 Å². The van der Waals surface area contributed by atoms with Gasteiger partial charge in [0.2, 0.25) is 0 Å². The van der Waals surface area contributed by atoms with Crippen molar-refractivity contribution >= 4 is 23.2 Å². The minimum Gasteiger partial charge on any atom is -0.482 e. The Hall–Kier alpha value is -2.20. The molecule has 0 saturated carbocycles. The third-order valence-electron chi connectivity index (χ3n) is 4.99. The van der Waals surface area contributed by atoms with E-state index < -0.39 is 0 Å². The summed E-state index contributed by atoms with van der Waals surface area (Å²) in [6.07, 6.45) is 2.56. The number of ether oxygens (including phenoxy) is 1. The van der Waals surface area contributed by atoms with Crippen molar-refractivity contribution in [3.05, 3.63) is 59.1 Å². The highest BCUT2D eigenvalue weighted by Crippen LogP contribution is 2.25. The summed E-state index contributed by atoms with van der Waals surface area (Å²) in [5.41, 5.74) is 2.33. The molecule has 1 aliphatic heterocycles. The van der Waals surface area contributed by atoms with Crippen molar-refractivity contribution in [2.24, 2.45) is 5.92 Å². The number of rotatable bonds is 6. The van der Waals surface area contributed by atoms with Crippen molar-refractivity contribution in [3.8, 4) is 5.75 Å². The zero-order valence-electron chi connectivity index (χ0n) is 16.0. The molecular weight excluding hydrogens is 360 g/mol. The van der Waals surface area contributed by atoms with Gasteiger partial charge in [0.05, 0.1) is 11.1 Å². The predicted octanol–water partition coefficient (Wildman–Crippen LogP) is 4.83. The summed E-state index contributed by atoms with van der Waals surface area (Å²) in [6, 6.07) is 15.5. The lowest BCUT2D eigenvalue weighted by molar-refractivity contribution is -0.123. The van der Waals surface area contributed by atoms with Gasteiger partial charge in [-0.05, 0) is 55.5 Å². The number of carbonyl (C=O) groups is 1. The molecule has 0 spiro atoms. The maximum absolute atomic E-state index is 12.2. The molecular formula is C22H27ClN2O2. The lowest BCUT2D eigenvalue weighted by Gasteiger charge is -2.33. The summed E-state index contributed by atoms with van der Waals surface area (Å²) in [5.74, 6) is 1.09. The van der Waals surface area contributed by atoms with Gasteiger partial charge in [0.15, 0.2) is 6.61 Å². The maximum Gasteiger partial charge on any atom is 0.258 e. The molecule has 1 amide bonds. The Morgan fingerprint density at radius 3 is 2.70 bits per heavy atom. The van der Waals surface area contributed by atoms with E-state index in [1.807, 2.05) is 19.1 Å². The van der Waals surface area contributed by atoms with Crippen LogP contribution in [0.1, 0.15) is 38.3 Å². The van der Waals surface area contributed by atoms with Crippen molar-refractivity contribution in [1.82, 2.24) is 5.32 Å². The number of nitrogens with one attached hydrogen (secondary N) is 1.